The third kappa shape index (κ3) is 4.38. The summed E-state index contributed by atoms with van der Waals surface area (Å²) in [4.78, 5) is 13.2. The lowest BCUT2D eigenvalue weighted by atomic mass is 10.1. The van der Waals surface area contributed by atoms with Crippen LogP contribution >= 0.6 is 12.4 Å². The molecule has 0 atom stereocenters. The van der Waals surface area contributed by atoms with Gasteiger partial charge in [-0.15, -0.1) is 12.4 Å². The van der Waals surface area contributed by atoms with E-state index in [9.17, 15) is 13.2 Å². The van der Waals surface area contributed by atoms with Crippen LogP contribution in [0.4, 0.5) is 0 Å². The van der Waals surface area contributed by atoms with E-state index in [2.05, 4.69) is 5.32 Å². The van der Waals surface area contributed by atoms with Gasteiger partial charge in [-0.05, 0) is 36.7 Å². The number of pyridine rings is 1. The first-order valence-electron chi connectivity index (χ1n) is 9.44. The van der Waals surface area contributed by atoms with Crippen molar-refractivity contribution in [1.82, 2.24) is 14.2 Å². The second-order valence-corrected chi connectivity index (χ2v) is 8.87. The Hall–Kier alpha value is -2.19. The number of aromatic nitrogens is 1. The first-order chi connectivity index (χ1) is 13.6. The maximum atomic E-state index is 13.2. The maximum absolute atomic E-state index is 13.2. The first kappa shape index (κ1) is 21.5. The minimum absolute atomic E-state index is 0. The zero-order valence-electron chi connectivity index (χ0n) is 16.0. The van der Waals surface area contributed by atoms with Gasteiger partial charge in [-0.2, -0.15) is 4.31 Å². The summed E-state index contributed by atoms with van der Waals surface area (Å²) in [6, 6.07) is 16.4. The largest absolute Gasteiger partial charge is 0.315 e. The number of sulfonamides is 1. The van der Waals surface area contributed by atoms with Crippen LogP contribution in [0.2, 0.25) is 0 Å². The van der Waals surface area contributed by atoms with Crippen LogP contribution in [0.25, 0.3) is 10.8 Å². The van der Waals surface area contributed by atoms with Gasteiger partial charge in [0.05, 0.1) is 11.4 Å². The normalized spacial score (nSPS) is 15.6. The van der Waals surface area contributed by atoms with Gasteiger partial charge >= 0.3 is 0 Å². The van der Waals surface area contributed by atoms with Gasteiger partial charge in [-0.25, -0.2) is 8.42 Å². The summed E-state index contributed by atoms with van der Waals surface area (Å²) < 4.78 is 29.6. The quantitative estimate of drug-likeness (QED) is 0.686. The fraction of sp³-hybridized carbons (Fsp3) is 0.286. The summed E-state index contributed by atoms with van der Waals surface area (Å²) in [5.41, 5.74) is 0.834. The van der Waals surface area contributed by atoms with Crippen molar-refractivity contribution in [1.29, 1.82) is 0 Å². The van der Waals surface area contributed by atoms with Crippen molar-refractivity contribution < 1.29 is 8.42 Å². The molecule has 0 aliphatic carbocycles. The molecule has 0 bridgehead atoms. The number of fused-ring (bicyclic) bond motifs is 1. The lowest BCUT2D eigenvalue weighted by Gasteiger charge is -2.20. The van der Waals surface area contributed by atoms with Crippen LogP contribution in [0, 0.1) is 0 Å². The molecule has 154 valence electrons. The van der Waals surface area contributed by atoms with Crippen molar-refractivity contribution in [3.8, 4) is 0 Å². The molecule has 1 N–H and O–H groups in total. The zero-order chi connectivity index (χ0) is 19.6. The van der Waals surface area contributed by atoms with E-state index in [4.69, 9.17) is 0 Å². The average Bonchev–Trinajstić information content (AvgIpc) is 3.01. The molecule has 1 saturated heterocycles. The predicted molar refractivity (Wildman–Crippen MR) is 117 cm³/mol. The second-order valence-electron chi connectivity index (χ2n) is 6.96. The Morgan fingerprint density at radius 3 is 2.48 bits per heavy atom. The molecule has 1 aliphatic rings. The van der Waals surface area contributed by atoms with Crippen LogP contribution in [0.3, 0.4) is 0 Å². The summed E-state index contributed by atoms with van der Waals surface area (Å²) in [6.45, 7) is 2.81. The van der Waals surface area contributed by atoms with Gasteiger partial charge in [0, 0.05) is 36.6 Å². The Bertz CT molecular complexity index is 1140. The fourth-order valence-electron chi connectivity index (χ4n) is 3.62. The number of nitrogens with zero attached hydrogens (tertiary/aromatic N) is 2. The summed E-state index contributed by atoms with van der Waals surface area (Å²) in [6.07, 6.45) is 2.45. The fourth-order valence-corrected chi connectivity index (χ4v) is 5.31. The minimum atomic E-state index is -3.66. The summed E-state index contributed by atoms with van der Waals surface area (Å²) >= 11 is 0. The van der Waals surface area contributed by atoms with Crippen LogP contribution < -0.4 is 10.9 Å². The molecule has 29 heavy (non-hydrogen) atoms. The Morgan fingerprint density at radius 1 is 0.897 bits per heavy atom. The number of rotatable bonds is 4. The highest BCUT2D eigenvalue weighted by molar-refractivity contribution is 7.89. The topological polar surface area (TPSA) is 71.4 Å². The lowest BCUT2D eigenvalue weighted by molar-refractivity contribution is 0.432. The molecule has 0 spiro atoms. The van der Waals surface area contributed by atoms with Crippen molar-refractivity contribution in [3.63, 3.8) is 0 Å². The van der Waals surface area contributed by atoms with Gasteiger partial charge in [0.2, 0.25) is 10.0 Å². The van der Waals surface area contributed by atoms with Gasteiger partial charge in [0.15, 0.2) is 0 Å². The van der Waals surface area contributed by atoms with E-state index in [0.29, 0.717) is 37.0 Å². The van der Waals surface area contributed by atoms with Crippen molar-refractivity contribution in [2.24, 2.45) is 0 Å². The van der Waals surface area contributed by atoms with Gasteiger partial charge in [-0.3, -0.25) is 4.79 Å². The number of halogens is 1. The van der Waals surface area contributed by atoms with Crippen molar-refractivity contribution in [2.45, 2.75) is 17.9 Å². The third-order valence-corrected chi connectivity index (χ3v) is 7.05. The summed E-state index contributed by atoms with van der Waals surface area (Å²) in [5, 5.41) is 4.12. The average molecular weight is 434 g/mol. The van der Waals surface area contributed by atoms with Gasteiger partial charge in [-0.1, -0.05) is 36.4 Å². The SMILES string of the molecule is Cl.O=c1c2cccc(S(=O)(=O)N3CCCNCC3)c2ccn1Cc1ccccc1. The van der Waals surface area contributed by atoms with E-state index < -0.39 is 10.0 Å². The Morgan fingerprint density at radius 2 is 1.69 bits per heavy atom. The molecule has 2 aromatic carbocycles. The molecule has 6 nitrogen and oxygen atoms in total. The summed E-state index contributed by atoms with van der Waals surface area (Å²) in [7, 11) is -3.66. The molecule has 0 radical (unpaired) electrons. The van der Waals surface area contributed by atoms with E-state index in [-0.39, 0.29) is 22.9 Å². The number of hydrogen-bond acceptors (Lipinski definition) is 4. The lowest BCUT2D eigenvalue weighted by Crippen LogP contribution is -2.34. The number of benzene rings is 2. The van der Waals surface area contributed by atoms with Crippen LogP contribution in [-0.2, 0) is 16.6 Å². The van der Waals surface area contributed by atoms with E-state index >= 15 is 0 Å². The van der Waals surface area contributed by atoms with E-state index in [1.807, 2.05) is 30.3 Å². The van der Waals surface area contributed by atoms with Gasteiger partial charge < -0.3 is 9.88 Å². The Kier molecular flexibility index (Phi) is 6.74. The third-order valence-electron chi connectivity index (χ3n) is 5.09. The van der Waals surface area contributed by atoms with E-state index in [0.717, 1.165) is 18.5 Å². The van der Waals surface area contributed by atoms with Crippen molar-refractivity contribution in [3.05, 3.63) is 76.7 Å². The number of nitrogens with one attached hydrogen (secondary N) is 1. The van der Waals surface area contributed by atoms with E-state index in [1.54, 1.807) is 35.0 Å². The Labute approximate surface area is 176 Å². The molecule has 8 heteroatoms. The predicted octanol–water partition coefficient (Wildman–Crippen LogP) is 2.46. The molecule has 1 aliphatic heterocycles. The molecule has 2 heterocycles. The van der Waals surface area contributed by atoms with Crippen LogP contribution in [0.15, 0.2) is 70.5 Å². The van der Waals surface area contributed by atoms with Crippen molar-refractivity contribution in [2.75, 3.05) is 26.2 Å². The molecule has 4 rings (SSSR count). The van der Waals surface area contributed by atoms with Crippen LogP contribution in [-0.4, -0.2) is 43.5 Å². The van der Waals surface area contributed by atoms with Crippen LogP contribution in [0.5, 0.6) is 0 Å². The second kappa shape index (κ2) is 9.09. The molecule has 0 saturated carbocycles. The molecule has 0 unspecified atom stereocenters. The molecule has 0 amide bonds. The minimum Gasteiger partial charge on any atom is -0.315 e. The highest BCUT2D eigenvalue weighted by atomic mass is 35.5. The molecule has 3 aromatic rings. The monoisotopic (exact) mass is 433 g/mol. The molecular formula is C21H24ClN3O3S. The first-order valence-corrected chi connectivity index (χ1v) is 10.9. The molecule has 1 fully saturated rings. The Balaban J connectivity index is 0.00000240. The standard InChI is InChI=1S/C21H23N3O3S.ClH/c25-21-19-8-4-9-20(28(26,27)24-13-5-11-22-12-15-24)18(19)10-14-23(21)16-17-6-2-1-3-7-17;/h1-4,6-10,14,22H,5,11-13,15-16H2;1H. The van der Waals surface area contributed by atoms with Crippen molar-refractivity contribution >= 4 is 33.2 Å². The van der Waals surface area contributed by atoms with Gasteiger partial charge in [0.25, 0.3) is 5.56 Å². The molecule has 1 aromatic heterocycles. The molecular weight excluding hydrogens is 410 g/mol. The van der Waals surface area contributed by atoms with Crippen LogP contribution in [0.1, 0.15) is 12.0 Å². The summed E-state index contributed by atoms with van der Waals surface area (Å²) in [5.74, 6) is 0. The van der Waals surface area contributed by atoms with Gasteiger partial charge in [0.1, 0.15) is 0 Å². The van der Waals surface area contributed by atoms with E-state index in [1.165, 1.54) is 4.31 Å². The highest BCUT2D eigenvalue weighted by Crippen LogP contribution is 2.24. The number of hydrogen-bond donors (Lipinski definition) is 1. The smallest absolute Gasteiger partial charge is 0.258 e. The zero-order valence-corrected chi connectivity index (χ0v) is 17.6. The maximum Gasteiger partial charge on any atom is 0.258 e. The highest BCUT2D eigenvalue weighted by Gasteiger charge is 2.27.